The van der Waals surface area contributed by atoms with Gasteiger partial charge in [0.2, 0.25) is 5.90 Å². The Morgan fingerprint density at radius 3 is 3.00 bits per heavy atom. The third-order valence-corrected chi connectivity index (χ3v) is 1.15. The van der Waals surface area contributed by atoms with Gasteiger partial charge in [-0.1, -0.05) is 5.16 Å². The highest BCUT2D eigenvalue weighted by molar-refractivity contribution is 9.09. The molecule has 0 N–H and O–H groups in total. The predicted octanol–water partition coefficient (Wildman–Crippen LogP) is 1.09. The number of halogens is 1. The molecule has 1 rings (SSSR count). The van der Waals surface area contributed by atoms with Gasteiger partial charge in [-0.3, -0.25) is 0 Å². The van der Waals surface area contributed by atoms with E-state index in [9.17, 15) is 0 Å². The van der Waals surface area contributed by atoms with Gasteiger partial charge in [0.15, 0.2) is 11.6 Å². The lowest BCUT2D eigenvalue weighted by molar-refractivity contribution is 0.0513. The summed E-state index contributed by atoms with van der Waals surface area (Å²) in [7, 11) is 0. The van der Waals surface area contributed by atoms with Crippen molar-refractivity contribution in [3.63, 3.8) is 0 Å². The molecular formula is C4H6BrNO2. The molecule has 1 aliphatic heterocycles. The summed E-state index contributed by atoms with van der Waals surface area (Å²) in [5.74, 6) is 0.568. The van der Waals surface area contributed by atoms with Gasteiger partial charge in [-0.05, 0) is 15.9 Å². The molecule has 46 valence electrons. The van der Waals surface area contributed by atoms with E-state index >= 15 is 0 Å². The van der Waals surface area contributed by atoms with Gasteiger partial charge in [-0.2, -0.15) is 0 Å². The highest BCUT2D eigenvalue weighted by Gasteiger charge is 2.10. The van der Waals surface area contributed by atoms with E-state index in [4.69, 9.17) is 9.57 Å². The number of ether oxygens (including phenoxy) is 1. The molecule has 0 aliphatic carbocycles. The van der Waals surface area contributed by atoms with Crippen LogP contribution in [0.1, 0.15) is 6.92 Å². The van der Waals surface area contributed by atoms with E-state index in [1.54, 1.807) is 6.92 Å². The summed E-state index contributed by atoms with van der Waals surface area (Å²) in [4.78, 5) is 4.71. The van der Waals surface area contributed by atoms with Crippen molar-refractivity contribution < 1.29 is 9.57 Å². The molecule has 0 bridgehead atoms. The third kappa shape index (κ3) is 1.36. The van der Waals surface area contributed by atoms with Crippen LogP contribution in [0.15, 0.2) is 5.16 Å². The Bertz CT molecular complexity index is 115. The van der Waals surface area contributed by atoms with Gasteiger partial charge in [-0.15, -0.1) is 0 Å². The van der Waals surface area contributed by atoms with Gasteiger partial charge >= 0.3 is 0 Å². The van der Waals surface area contributed by atoms with Crippen LogP contribution in [0.2, 0.25) is 0 Å². The van der Waals surface area contributed by atoms with E-state index in [0.29, 0.717) is 12.5 Å². The van der Waals surface area contributed by atoms with E-state index in [2.05, 4.69) is 21.1 Å². The number of nitrogens with zero attached hydrogens (tertiary/aromatic N) is 1. The number of alkyl halides is 1. The molecule has 1 atom stereocenters. The summed E-state index contributed by atoms with van der Waals surface area (Å²) >= 11 is 3.20. The second-order valence-electron chi connectivity index (χ2n) is 1.43. The van der Waals surface area contributed by atoms with Crippen LogP contribution in [0.5, 0.6) is 0 Å². The fourth-order valence-corrected chi connectivity index (χ4v) is 0.816. The molecule has 0 radical (unpaired) electrons. The van der Waals surface area contributed by atoms with Crippen LogP contribution in [-0.4, -0.2) is 17.5 Å². The van der Waals surface area contributed by atoms with Crippen molar-refractivity contribution >= 4 is 21.8 Å². The fourth-order valence-electron chi connectivity index (χ4n) is 0.427. The van der Waals surface area contributed by atoms with Gasteiger partial charge in [0.05, 0.1) is 0 Å². The minimum atomic E-state index is -0.0278. The zero-order valence-corrected chi connectivity index (χ0v) is 6.01. The highest BCUT2D eigenvalue weighted by atomic mass is 79.9. The lowest BCUT2D eigenvalue weighted by Crippen LogP contribution is -2.19. The minimum absolute atomic E-state index is 0.0278. The number of hydrogen-bond acceptors (Lipinski definition) is 3. The minimum Gasteiger partial charge on any atom is -0.460 e. The summed E-state index contributed by atoms with van der Waals surface area (Å²) in [6.07, 6.45) is 0. The second kappa shape index (κ2) is 2.35. The molecule has 0 aromatic carbocycles. The number of rotatable bonds is 0. The zero-order valence-electron chi connectivity index (χ0n) is 4.43. The lowest BCUT2D eigenvalue weighted by Gasteiger charge is -2.15. The molecule has 4 heteroatoms. The van der Waals surface area contributed by atoms with Crippen molar-refractivity contribution in [1.82, 2.24) is 0 Å². The van der Waals surface area contributed by atoms with Crippen LogP contribution in [0, 0.1) is 0 Å². The normalized spacial score (nSPS) is 27.8. The average molecular weight is 180 g/mol. The van der Waals surface area contributed by atoms with Crippen molar-refractivity contribution in [2.75, 3.05) is 6.61 Å². The summed E-state index contributed by atoms with van der Waals surface area (Å²) < 4.78 is 5.03. The first kappa shape index (κ1) is 5.88. The van der Waals surface area contributed by atoms with Gasteiger partial charge in [0, 0.05) is 6.92 Å². The molecular weight excluding hydrogens is 174 g/mol. The Morgan fingerprint density at radius 1 is 1.88 bits per heavy atom. The van der Waals surface area contributed by atoms with Crippen LogP contribution in [0.4, 0.5) is 0 Å². The molecule has 8 heavy (non-hydrogen) atoms. The molecule has 1 unspecified atom stereocenters. The van der Waals surface area contributed by atoms with Crippen molar-refractivity contribution in [3.05, 3.63) is 0 Å². The zero-order chi connectivity index (χ0) is 5.98. The average Bonchev–Trinajstić information content (AvgIpc) is 1.64. The molecule has 0 saturated heterocycles. The van der Waals surface area contributed by atoms with E-state index in [-0.39, 0.29) is 5.01 Å². The van der Waals surface area contributed by atoms with Crippen LogP contribution in [0.3, 0.4) is 0 Å². The Morgan fingerprint density at radius 2 is 2.62 bits per heavy atom. The van der Waals surface area contributed by atoms with Gasteiger partial charge in [0.25, 0.3) is 0 Å². The summed E-state index contributed by atoms with van der Waals surface area (Å²) in [6.45, 7) is 2.23. The topological polar surface area (TPSA) is 30.8 Å². The third-order valence-electron chi connectivity index (χ3n) is 0.697. The molecule has 0 fully saturated rings. The molecule has 1 heterocycles. The first-order valence-corrected chi connectivity index (χ1v) is 3.18. The number of hydrogen-bond donors (Lipinski definition) is 0. The van der Waals surface area contributed by atoms with Crippen molar-refractivity contribution in [2.45, 2.75) is 11.9 Å². The van der Waals surface area contributed by atoms with E-state index in [1.165, 1.54) is 0 Å². The molecule has 0 saturated carbocycles. The second-order valence-corrected chi connectivity index (χ2v) is 2.46. The Balaban J connectivity index is 2.45. The van der Waals surface area contributed by atoms with E-state index in [1.807, 2.05) is 0 Å². The Hall–Kier alpha value is -0.250. The summed E-state index contributed by atoms with van der Waals surface area (Å²) in [6, 6.07) is 0. The largest absolute Gasteiger partial charge is 0.460 e. The lowest BCUT2D eigenvalue weighted by atomic mass is 10.7. The molecule has 0 amide bonds. The Labute approximate surface area is 55.8 Å². The monoisotopic (exact) mass is 179 g/mol. The van der Waals surface area contributed by atoms with Gasteiger partial charge < -0.3 is 9.57 Å². The van der Waals surface area contributed by atoms with Crippen molar-refractivity contribution in [2.24, 2.45) is 5.16 Å². The van der Waals surface area contributed by atoms with Crippen LogP contribution in [0.25, 0.3) is 0 Å². The van der Waals surface area contributed by atoms with Crippen LogP contribution < -0.4 is 0 Å². The summed E-state index contributed by atoms with van der Waals surface area (Å²) in [5, 5.41) is 3.52. The molecule has 0 aromatic rings. The number of oxime groups is 1. The SMILES string of the molecule is CC1=NOCC(Br)O1. The molecule has 0 spiro atoms. The smallest absolute Gasteiger partial charge is 0.223 e. The predicted molar refractivity (Wildman–Crippen MR) is 32.9 cm³/mol. The van der Waals surface area contributed by atoms with Gasteiger partial charge in [0.1, 0.15) is 0 Å². The highest BCUT2D eigenvalue weighted by Crippen LogP contribution is 2.07. The first-order chi connectivity index (χ1) is 3.79. The maximum absolute atomic E-state index is 5.03. The van der Waals surface area contributed by atoms with Crippen LogP contribution in [-0.2, 0) is 9.57 Å². The molecule has 0 aromatic heterocycles. The fraction of sp³-hybridized carbons (Fsp3) is 0.750. The molecule has 1 aliphatic rings. The maximum Gasteiger partial charge on any atom is 0.223 e. The Kier molecular flexibility index (Phi) is 1.73. The van der Waals surface area contributed by atoms with Crippen LogP contribution >= 0.6 is 15.9 Å². The van der Waals surface area contributed by atoms with Gasteiger partial charge in [-0.25, -0.2) is 0 Å². The summed E-state index contributed by atoms with van der Waals surface area (Å²) in [5.41, 5.74) is 0. The maximum atomic E-state index is 5.03. The standard InChI is InChI=1S/C4H6BrNO2/c1-3-6-7-2-4(5)8-3/h4H,2H2,1H3. The molecule has 3 nitrogen and oxygen atoms in total. The van der Waals surface area contributed by atoms with Crippen molar-refractivity contribution in [1.29, 1.82) is 0 Å². The van der Waals surface area contributed by atoms with Crippen molar-refractivity contribution in [3.8, 4) is 0 Å². The first-order valence-electron chi connectivity index (χ1n) is 2.26. The van der Waals surface area contributed by atoms with E-state index in [0.717, 1.165) is 0 Å². The van der Waals surface area contributed by atoms with E-state index < -0.39 is 0 Å². The quantitative estimate of drug-likeness (QED) is 0.522.